The average molecular weight is 360 g/mol. The minimum atomic E-state index is -0.937. The summed E-state index contributed by atoms with van der Waals surface area (Å²) >= 11 is 0. The highest BCUT2D eigenvalue weighted by Gasteiger charge is 2.50. The van der Waals surface area contributed by atoms with Gasteiger partial charge in [-0.25, -0.2) is 4.79 Å². The lowest BCUT2D eigenvalue weighted by atomic mass is 9.81. The average Bonchev–Trinajstić information content (AvgIpc) is 3.19. The monoisotopic (exact) mass is 360 g/mol. The summed E-state index contributed by atoms with van der Waals surface area (Å²) < 4.78 is 8.21. The van der Waals surface area contributed by atoms with Crippen molar-refractivity contribution in [2.45, 2.75) is 19.4 Å². The maximum atomic E-state index is 12.9. The van der Waals surface area contributed by atoms with Crippen LogP contribution in [0.3, 0.4) is 0 Å². The van der Waals surface area contributed by atoms with E-state index in [4.69, 9.17) is 4.74 Å². The Bertz CT molecular complexity index is 1050. The molecule has 0 amide bonds. The van der Waals surface area contributed by atoms with Crippen molar-refractivity contribution in [1.29, 1.82) is 0 Å². The molecule has 0 saturated heterocycles. The van der Waals surface area contributed by atoms with Gasteiger partial charge in [0.05, 0.1) is 11.3 Å². The Morgan fingerprint density at radius 2 is 1.78 bits per heavy atom. The third-order valence-electron chi connectivity index (χ3n) is 5.58. The van der Waals surface area contributed by atoms with Gasteiger partial charge in [-0.3, -0.25) is 0 Å². The van der Waals surface area contributed by atoms with E-state index in [0.29, 0.717) is 5.56 Å². The lowest BCUT2D eigenvalue weighted by Crippen LogP contribution is -2.32. The molecule has 0 aliphatic carbocycles. The highest BCUT2D eigenvalue weighted by molar-refractivity contribution is 5.97. The normalized spacial score (nSPS) is 18.3. The second kappa shape index (κ2) is 6.02. The molecule has 4 rings (SSSR count). The highest BCUT2D eigenvalue weighted by Crippen LogP contribution is 2.48. The Labute approximate surface area is 160 Å². The molecule has 1 aliphatic rings. The SMILES string of the molecule is Cc1ccc(C2(c3cccn3C)OC(=O)c3cc(N(C)C)ccc32)cc1C. The Hall–Kier alpha value is -3.01. The number of carbonyl (C=O) groups excluding carboxylic acids is 1. The molecule has 4 nitrogen and oxygen atoms in total. The van der Waals surface area contributed by atoms with Crippen LogP contribution in [0.2, 0.25) is 0 Å². The summed E-state index contributed by atoms with van der Waals surface area (Å²) in [5.74, 6) is -0.284. The number of ether oxygens (including phenoxy) is 1. The maximum Gasteiger partial charge on any atom is 0.340 e. The largest absolute Gasteiger partial charge is 0.439 e. The first-order valence-corrected chi connectivity index (χ1v) is 9.09. The number of aryl methyl sites for hydroxylation is 3. The minimum Gasteiger partial charge on any atom is -0.439 e. The van der Waals surface area contributed by atoms with Gasteiger partial charge < -0.3 is 14.2 Å². The van der Waals surface area contributed by atoms with Crippen molar-refractivity contribution in [1.82, 2.24) is 4.57 Å². The lowest BCUT2D eigenvalue weighted by molar-refractivity contribution is 0.0231. The van der Waals surface area contributed by atoms with Gasteiger partial charge >= 0.3 is 5.97 Å². The van der Waals surface area contributed by atoms with E-state index >= 15 is 0 Å². The second-order valence-corrected chi connectivity index (χ2v) is 7.50. The molecule has 1 unspecified atom stereocenters. The first-order chi connectivity index (χ1) is 12.8. The number of cyclic esters (lactones) is 1. The second-order valence-electron chi connectivity index (χ2n) is 7.50. The molecule has 138 valence electrons. The smallest absolute Gasteiger partial charge is 0.340 e. The fraction of sp³-hybridized carbons (Fsp3) is 0.261. The molecule has 1 atom stereocenters. The van der Waals surface area contributed by atoms with Gasteiger partial charge in [-0.05, 0) is 49.2 Å². The highest BCUT2D eigenvalue weighted by atomic mass is 16.6. The zero-order chi connectivity index (χ0) is 19.3. The molecule has 0 spiro atoms. The Morgan fingerprint density at radius 1 is 1.00 bits per heavy atom. The van der Waals surface area contributed by atoms with Gasteiger partial charge in [0, 0.05) is 44.2 Å². The van der Waals surface area contributed by atoms with Gasteiger partial charge in [0.15, 0.2) is 0 Å². The maximum absolute atomic E-state index is 12.9. The van der Waals surface area contributed by atoms with Crippen LogP contribution in [-0.2, 0) is 17.4 Å². The van der Waals surface area contributed by atoms with E-state index in [0.717, 1.165) is 22.5 Å². The Balaban J connectivity index is 2.04. The number of rotatable bonds is 3. The van der Waals surface area contributed by atoms with Gasteiger partial charge in [-0.1, -0.05) is 24.3 Å². The van der Waals surface area contributed by atoms with E-state index in [2.05, 4.69) is 32.0 Å². The molecular formula is C23H24N2O2. The molecule has 4 heteroatoms. The number of carbonyl (C=O) groups is 1. The van der Waals surface area contributed by atoms with E-state index in [1.807, 2.05) is 67.1 Å². The van der Waals surface area contributed by atoms with Crippen LogP contribution < -0.4 is 4.90 Å². The molecular weight excluding hydrogens is 336 g/mol. The van der Waals surface area contributed by atoms with Crippen LogP contribution in [0.1, 0.15) is 38.3 Å². The van der Waals surface area contributed by atoms with Crippen LogP contribution in [0, 0.1) is 13.8 Å². The topological polar surface area (TPSA) is 34.5 Å². The molecule has 0 N–H and O–H groups in total. The molecule has 0 radical (unpaired) electrons. The molecule has 27 heavy (non-hydrogen) atoms. The van der Waals surface area contributed by atoms with Crippen molar-refractivity contribution in [3.05, 3.63) is 88.2 Å². The van der Waals surface area contributed by atoms with Crippen molar-refractivity contribution >= 4 is 11.7 Å². The third kappa shape index (κ3) is 2.47. The van der Waals surface area contributed by atoms with Crippen LogP contribution in [0.4, 0.5) is 5.69 Å². The summed E-state index contributed by atoms with van der Waals surface area (Å²) in [6.45, 7) is 4.18. The Morgan fingerprint density at radius 3 is 2.41 bits per heavy atom. The fourth-order valence-electron chi connectivity index (χ4n) is 3.88. The van der Waals surface area contributed by atoms with Crippen molar-refractivity contribution in [3.63, 3.8) is 0 Å². The van der Waals surface area contributed by atoms with Gasteiger partial charge in [0.1, 0.15) is 0 Å². The molecule has 1 aromatic heterocycles. The molecule has 0 bridgehead atoms. The molecule has 2 heterocycles. The van der Waals surface area contributed by atoms with Crippen LogP contribution in [0.5, 0.6) is 0 Å². The van der Waals surface area contributed by atoms with Crippen LogP contribution in [0.25, 0.3) is 0 Å². The summed E-state index contributed by atoms with van der Waals surface area (Å²) in [5, 5.41) is 0. The Kier molecular flexibility index (Phi) is 3.88. The van der Waals surface area contributed by atoms with Crippen LogP contribution >= 0.6 is 0 Å². The first-order valence-electron chi connectivity index (χ1n) is 9.09. The minimum absolute atomic E-state index is 0.284. The van der Waals surface area contributed by atoms with E-state index < -0.39 is 5.60 Å². The van der Waals surface area contributed by atoms with Crippen LogP contribution in [0.15, 0.2) is 54.7 Å². The predicted octanol–water partition coefficient (Wildman–Crippen LogP) is 4.17. The predicted molar refractivity (Wildman–Crippen MR) is 107 cm³/mol. The number of aromatic nitrogens is 1. The first kappa shape index (κ1) is 17.4. The number of esters is 1. The van der Waals surface area contributed by atoms with Gasteiger partial charge in [-0.2, -0.15) is 0 Å². The number of nitrogens with zero attached hydrogens (tertiary/aromatic N) is 2. The van der Waals surface area contributed by atoms with E-state index in [1.54, 1.807) is 0 Å². The number of benzene rings is 2. The van der Waals surface area contributed by atoms with Gasteiger partial charge in [-0.15, -0.1) is 0 Å². The summed E-state index contributed by atoms with van der Waals surface area (Å²) in [4.78, 5) is 14.9. The molecule has 2 aromatic carbocycles. The van der Waals surface area contributed by atoms with E-state index in [-0.39, 0.29) is 5.97 Å². The van der Waals surface area contributed by atoms with Gasteiger partial charge in [0.2, 0.25) is 5.60 Å². The van der Waals surface area contributed by atoms with Crippen molar-refractivity contribution in [2.75, 3.05) is 19.0 Å². The zero-order valence-corrected chi connectivity index (χ0v) is 16.4. The van der Waals surface area contributed by atoms with Gasteiger partial charge in [0.25, 0.3) is 0 Å². The summed E-state index contributed by atoms with van der Waals surface area (Å²) in [6, 6.07) is 16.3. The van der Waals surface area contributed by atoms with Crippen molar-refractivity contribution in [2.24, 2.45) is 7.05 Å². The number of anilines is 1. The van der Waals surface area contributed by atoms with Crippen molar-refractivity contribution in [3.8, 4) is 0 Å². The fourth-order valence-corrected chi connectivity index (χ4v) is 3.88. The summed E-state index contributed by atoms with van der Waals surface area (Å²) in [6.07, 6.45) is 1.98. The summed E-state index contributed by atoms with van der Waals surface area (Å²) in [7, 11) is 5.92. The quantitative estimate of drug-likeness (QED) is 0.658. The molecule has 0 saturated carbocycles. The lowest BCUT2D eigenvalue weighted by Gasteiger charge is -2.31. The summed E-state index contributed by atoms with van der Waals surface area (Å²) in [5.41, 5.74) is 5.86. The molecule has 0 fully saturated rings. The standard InChI is InChI=1S/C23H24N2O2/c1-15-8-9-17(13-16(15)2)23(21-7-6-12-25(21)5)20-11-10-18(24(3)4)14-19(20)22(26)27-23/h6-14H,1-5H3. The number of fused-ring (bicyclic) bond motifs is 1. The molecule has 1 aliphatic heterocycles. The van der Waals surface area contributed by atoms with Crippen LogP contribution in [-0.4, -0.2) is 24.6 Å². The van der Waals surface area contributed by atoms with E-state index in [9.17, 15) is 4.79 Å². The van der Waals surface area contributed by atoms with Crippen molar-refractivity contribution < 1.29 is 9.53 Å². The van der Waals surface area contributed by atoms with E-state index in [1.165, 1.54) is 11.1 Å². The third-order valence-corrected chi connectivity index (χ3v) is 5.58. The number of hydrogen-bond acceptors (Lipinski definition) is 3. The zero-order valence-electron chi connectivity index (χ0n) is 16.4. The number of hydrogen-bond donors (Lipinski definition) is 0. The molecule has 3 aromatic rings.